The lowest BCUT2D eigenvalue weighted by atomic mass is 10.1. The van der Waals surface area contributed by atoms with E-state index < -0.39 is 5.97 Å². The van der Waals surface area contributed by atoms with Gasteiger partial charge < -0.3 is 20.2 Å². The zero-order chi connectivity index (χ0) is 20.4. The van der Waals surface area contributed by atoms with Crippen LogP contribution in [0.25, 0.3) is 0 Å². The Hall–Kier alpha value is -2.60. The molecule has 0 atom stereocenters. The second-order valence-corrected chi connectivity index (χ2v) is 5.88. The van der Waals surface area contributed by atoms with Crippen molar-refractivity contribution < 1.29 is 14.3 Å². The van der Waals surface area contributed by atoms with Crippen molar-refractivity contribution in [1.29, 1.82) is 5.41 Å². The monoisotopic (exact) mass is 391 g/mol. The van der Waals surface area contributed by atoms with E-state index in [1.807, 2.05) is 6.92 Å². The fourth-order valence-electron chi connectivity index (χ4n) is 2.32. The van der Waals surface area contributed by atoms with Crippen LogP contribution in [0, 0.1) is 5.41 Å². The van der Waals surface area contributed by atoms with E-state index in [0.717, 1.165) is 0 Å². The van der Waals surface area contributed by atoms with E-state index in [1.165, 1.54) is 7.11 Å². The molecule has 2 N–H and O–H groups in total. The first-order valence-corrected chi connectivity index (χ1v) is 9.01. The lowest BCUT2D eigenvalue weighted by Crippen LogP contribution is -2.16. The minimum Gasteiger partial charge on any atom is -0.494 e. The number of methoxy groups -OCH3 is 1. The largest absolute Gasteiger partial charge is 0.494 e. The van der Waals surface area contributed by atoms with Gasteiger partial charge in [0, 0.05) is 18.3 Å². The van der Waals surface area contributed by atoms with Gasteiger partial charge in [0.1, 0.15) is 10.8 Å². The summed E-state index contributed by atoms with van der Waals surface area (Å²) in [5, 5.41) is 11.0. The molecule has 0 spiro atoms. The second kappa shape index (κ2) is 11.2. The van der Waals surface area contributed by atoms with Gasteiger partial charge in [-0.25, -0.2) is 9.79 Å². The molecule has 0 amide bonds. The Morgan fingerprint density at radius 1 is 1.37 bits per heavy atom. The molecule has 1 rings (SSSR count). The molecule has 146 valence electrons. The summed E-state index contributed by atoms with van der Waals surface area (Å²) in [6.07, 6.45) is 3.92. The quantitative estimate of drug-likeness (QED) is 0.283. The van der Waals surface area contributed by atoms with E-state index in [-0.39, 0.29) is 6.61 Å². The average molecular weight is 392 g/mol. The normalized spacial score (nSPS) is 12.6. The molecule has 0 aliphatic heterocycles. The number of carbonyl (C=O) groups is 1. The molecule has 0 heterocycles. The van der Waals surface area contributed by atoms with Crippen LogP contribution >= 0.6 is 11.6 Å². The number of halogens is 1. The highest BCUT2D eigenvalue weighted by Gasteiger charge is 2.18. The van der Waals surface area contributed by atoms with E-state index in [2.05, 4.69) is 10.3 Å². The Bertz CT molecular complexity index is 783. The van der Waals surface area contributed by atoms with Gasteiger partial charge in [-0.2, -0.15) is 0 Å². The molecular formula is C20H26ClN3O3. The number of hydrogen-bond acceptors (Lipinski definition) is 6. The molecule has 0 fully saturated rings. The number of esters is 1. The fraction of sp³-hybridized carbons (Fsp3) is 0.350. The molecule has 0 saturated heterocycles. The van der Waals surface area contributed by atoms with Crippen LogP contribution in [0.2, 0.25) is 0 Å². The SMILES string of the molecule is CC/C=C(\C(=O)OCC)C(C=C(Cl)NC)=Nc1cccc(C(C)=N)c1OC. The molecule has 0 unspecified atom stereocenters. The Labute approximate surface area is 165 Å². The molecule has 7 heteroatoms. The molecular weight excluding hydrogens is 366 g/mol. The van der Waals surface area contributed by atoms with Gasteiger partial charge in [-0.3, -0.25) is 0 Å². The van der Waals surface area contributed by atoms with Crippen LogP contribution in [0.3, 0.4) is 0 Å². The van der Waals surface area contributed by atoms with Crippen LogP contribution in [0.1, 0.15) is 32.8 Å². The van der Waals surface area contributed by atoms with Crippen molar-refractivity contribution in [2.75, 3.05) is 20.8 Å². The van der Waals surface area contributed by atoms with E-state index in [9.17, 15) is 4.79 Å². The molecule has 0 bridgehead atoms. The molecule has 1 aromatic rings. The summed E-state index contributed by atoms with van der Waals surface area (Å²) in [5.41, 5.74) is 2.11. The smallest absolute Gasteiger partial charge is 0.339 e. The van der Waals surface area contributed by atoms with Gasteiger partial charge in [0.05, 0.1) is 25.0 Å². The number of aliphatic imine (C=N–C) groups is 1. The zero-order valence-electron chi connectivity index (χ0n) is 16.4. The number of nitrogens with one attached hydrogen (secondary N) is 2. The number of nitrogens with zero attached hydrogens (tertiary/aromatic N) is 1. The highest BCUT2D eigenvalue weighted by molar-refractivity contribution is 6.34. The molecule has 6 nitrogen and oxygen atoms in total. The maximum atomic E-state index is 12.4. The predicted octanol–water partition coefficient (Wildman–Crippen LogP) is 4.35. The Morgan fingerprint density at radius 3 is 2.59 bits per heavy atom. The number of hydrogen-bond donors (Lipinski definition) is 2. The van der Waals surface area contributed by atoms with Crippen molar-refractivity contribution in [2.45, 2.75) is 27.2 Å². The third-order valence-electron chi connectivity index (χ3n) is 3.53. The first kappa shape index (κ1) is 22.4. The van der Waals surface area contributed by atoms with Crippen molar-refractivity contribution >= 4 is 34.7 Å². The molecule has 0 saturated carbocycles. The van der Waals surface area contributed by atoms with Crippen molar-refractivity contribution in [1.82, 2.24) is 5.32 Å². The molecule has 1 aromatic carbocycles. The number of ether oxygens (including phenoxy) is 2. The highest BCUT2D eigenvalue weighted by atomic mass is 35.5. The van der Waals surface area contributed by atoms with Crippen molar-refractivity contribution in [3.8, 4) is 5.75 Å². The van der Waals surface area contributed by atoms with Gasteiger partial charge in [-0.05, 0) is 38.5 Å². The van der Waals surface area contributed by atoms with Crippen molar-refractivity contribution in [2.24, 2.45) is 4.99 Å². The highest BCUT2D eigenvalue weighted by Crippen LogP contribution is 2.32. The standard InChI is InChI=1S/C20H26ClN3O3/c1-6-9-15(20(25)27-7-2)17(12-18(21)23-4)24-16-11-8-10-14(13(3)22)19(16)26-5/h8-12,22-23H,6-7H2,1-5H3/b15-9-,18-12?,22-13?,24-17?. The van der Waals surface area contributed by atoms with Gasteiger partial charge >= 0.3 is 5.97 Å². The zero-order valence-corrected chi connectivity index (χ0v) is 17.1. The summed E-state index contributed by atoms with van der Waals surface area (Å²) in [7, 11) is 3.19. The minimum atomic E-state index is -0.478. The van der Waals surface area contributed by atoms with Gasteiger partial charge in [0.2, 0.25) is 0 Å². The molecule has 0 aromatic heterocycles. The number of benzene rings is 1. The third-order valence-corrected chi connectivity index (χ3v) is 3.82. The Kier molecular flexibility index (Phi) is 9.30. The molecule has 0 radical (unpaired) electrons. The van der Waals surface area contributed by atoms with Crippen LogP contribution in [-0.4, -0.2) is 38.2 Å². The first-order chi connectivity index (χ1) is 12.9. The first-order valence-electron chi connectivity index (χ1n) is 8.63. The summed E-state index contributed by atoms with van der Waals surface area (Å²) in [6.45, 7) is 5.58. The molecule has 0 aliphatic rings. The van der Waals surface area contributed by atoms with E-state index in [4.69, 9.17) is 26.5 Å². The summed E-state index contributed by atoms with van der Waals surface area (Å²) < 4.78 is 10.6. The van der Waals surface area contributed by atoms with Crippen LogP contribution in [0.4, 0.5) is 5.69 Å². The topological polar surface area (TPSA) is 83.8 Å². The average Bonchev–Trinajstić information content (AvgIpc) is 2.65. The van der Waals surface area contributed by atoms with E-state index >= 15 is 0 Å². The van der Waals surface area contributed by atoms with Crippen molar-refractivity contribution in [3.05, 3.63) is 46.6 Å². The van der Waals surface area contributed by atoms with Crippen LogP contribution in [-0.2, 0) is 9.53 Å². The van der Waals surface area contributed by atoms with Gasteiger partial charge in [0.25, 0.3) is 0 Å². The van der Waals surface area contributed by atoms with Crippen molar-refractivity contribution in [3.63, 3.8) is 0 Å². The summed E-state index contributed by atoms with van der Waals surface area (Å²) >= 11 is 6.13. The Balaban J connectivity index is 3.66. The third kappa shape index (κ3) is 6.25. The van der Waals surface area contributed by atoms with Crippen LogP contribution in [0.5, 0.6) is 5.75 Å². The fourth-order valence-corrected chi connectivity index (χ4v) is 2.42. The van der Waals surface area contributed by atoms with E-state index in [0.29, 0.717) is 45.6 Å². The number of para-hydroxylation sites is 1. The number of carbonyl (C=O) groups excluding carboxylic acids is 1. The molecule has 0 aliphatic carbocycles. The maximum Gasteiger partial charge on any atom is 0.339 e. The second-order valence-electron chi connectivity index (χ2n) is 5.47. The minimum absolute atomic E-state index is 0.252. The van der Waals surface area contributed by atoms with Gasteiger partial charge in [0.15, 0.2) is 5.75 Å². The van der Waals surface area contributed by atoms with Crippen LogP contribution < -0.4 is 10.1 Å². The lowest BCUT2D eigenvalue weighted by Gasteiger charge is -2.12. The van der Waals surface area contributed by atoms with Gasteiger partial charge in [-0.1, -0.05) is 30.7 Å². The maximum absolute atomic E-state index is 12.4. The van der Waals surface area contributed by atoms with Crippen LogP contribution in [0.15, 0.2) is 46.1 Å². The number of rotatable bonds is 9. The number of allylic oxidation sites excluding steroid dienone is 2. The molecule has 27 heavy (non-hydrogen) atoms. The van der Waals surface area contributed by atoms with E-state index in [1.54, 1.807) is 51.2 Å². The predicted molar refractivity (Wildman–Crippen MR) is 111 cm³/mol. The summed E-state index contributed by atoms with van der Waals surface area (Å²) in [5.74, 6) is -0.0236. The summed E-state index contributed by atoms with van der Waals surface area (Å²) in [4.78, 5) is 17.0. The summed E-state index contributed by atoms with van der Waals surface area (Å²) in [6, 6.07) is 5.31. The lowest BCUT2D eigenvalue weighted by molar-refractivity contribution is -0.137. The Morgan fingerprint density at radius 2 is 2.07 bits per heavy atom. The van der Waals surface area contributed by atoms with Gasteiger partial charge in [-0.15, -0.1) is 0 Å².